The van der Waals surface area contributed by atoms with Crippen molar-refractivity contribution < 1.29 is 23.6 Å². The number of hydrogen-bond acceptors (Lipinski definition) is 4. The van der Waals surface area contributed by atoms with Crippen LogP contribution in [0, 0.1) is 0 Å². The summed E-state index contributed by atoms with van der Waals surface area (Å²) in [4.78, 5) is 22.7. The maximum atomic E-state index is 11.8. The zero-order valence-corrected chi connectivity index (χ0v) is 15.3. The first-order valence-electron chi connectivity index (χ1n) is 9.10. The molecule has 2 rings (SSSR count). The Kier molecular flexibility index (Phi) is 8.39. The molecular formula is C20H27N2O4+. The Morgan fingerprint density at radius 2 is 2.08 bits per heavy atom. The second kappa shape index (κ2) is 11.1. The van der Waals surface area contributed by atoms with Crippen molar-refractivity contribution in [3.05, 3.63) is 48.5 Å². The lowest BCUT2D eigenvalue weighted by Gasteiger charge is -2.08. The Bertz CT molecular complexity index is 697. The third kappa shape index (κ3) is 6.70. The van der Waals surface area contributed by atoms with Crippen molar-refractivity contribution >= 4 is 12.3 Å². The third-order valence-electron chi connectivity index (χ3n) is 3.96. The van der Waals surface area contributed by atoms with Gasteiger partial charge in [-0.1, -0.05) is 25.5 Å². The van der Waals surface area contributed by atoms with E-state index < -0.39 is 0 Å². The number of unbranched alkanes of at least 4 members (excludes halogenated alkanes) is 1. The van der Waals surface area contributed by atoms with E-state index in [9.17, 15) is 9.59 Å². The molecule has 0 fully saturated rings. The van der Waals surface area contributed by atoms with Crippen LogP contribution in [-0.2, 0) is 22.6 Å². The molecule has 1 heterocycles. The van der Waals surface area contributed by atoms with Gasteiger partial charge < -0.3 is 9.47 Å². The van der Waals surface area contributed by atoms with Crippen molar-refractivity contribution in [2.24, 2.45) is 0 Å². The Labute approximate surface area is 154 Å². The van der Waals surface area contributed by atoms with E-state index in [1.165, 1.54) is 6.42 Å². The summed E-state index contributed by atoms with van der Waals surface area (Å²) in [6.45, 7) is 4.55. The average Bonchev–Trinajstić information content (AvgIpc) is 3.11. The van der Waals surface area contributed by atoms with Gasteiger partial charge in [0.05, 0.1) is 18.7 Å². The molecule has 0 saturated carbocycles. The van der Waals surface area contributed by atoms with Gasteiger partial charge in [-0.05, 0) is 25.0 Å². The van der Waals surface area contributed by atoms with Crippen molar-refractivity contribution in [1.82, 2.24) is 4.57 Å². The van der Waals surface area contributed by atoms with Gasteiger partial charge in [0.1, 0.15) is 31.3 Å². The molecular weight excluding hydrogens is 332 g/mol. The fourth-order valence-corrected chi connectivity index (χ4v) is 2.49. The summed E-state index contributed by atoms with van der Waals surface area (Å²) in [6.07, 6.45) is 9.98. The number of carbonyl (C=O) groups excluding carboxylic acids is 2. The van der Waals surface area contributed by atoms with Gasteiger partial charge in [-0.3, -0.25) is 9.59 Å². The standard InChI is InChI=1S/C20H27N2O4/c1-2-3-10-21-11-12-22(17-21)13-15-26-20(24)9-6-14-25-19-8-5-4-7-18(19)16-23/h4-5,7-8,11-12,16-17H,2-3,6,9-10,13-15H2,1H3/q+1. The molecule has 0 atom stereocenters. The smallest absolute Gasteiger partial charge is 0.306 e. The number of aryl methyl sites for hydroxylation is 1. The highest BCUT2D eigenvalue weighted by Crippen LogP contribution is 2.15. The highest BCUT2D eigenvalue weighted by Gasteiger charge is 2.07. The molecule has 0 aliphatic rings. The first-order valence-corrected chi connectivity index (χ1v) is 9.10. The van der Waals surface area contributed by atoms with E-state index in [2.05, 4.69) is 11.5 Å². The number of esters is 1. The van der Waals surface area contributed by atoms with Crippen LogP contribution in [0.25, 0.3) is 0 Å². The topological polar surface area (TPSA) is 61.4 Å². The number of ether oxygens (including phenoxy) is 2. The minimum atomic E-state index is -0.233. The number of para-hydroxylation sites is 1. The zero-order chi connectivity index (χ0) is 18.6. The number of aromatic nitrogens is 2. The summed E-state index contributed by atoms with van der Waals surface area (Å²) in [6, 6.07) is 7.03. The first kappa shape index (κ1) is 19.7. The Hall–Kier alpha value is -2.63. The largest absolute Gasteiger partial charge is 0.493 e. The quantitative estimate of drug-likeness (QED) is 0.253. The third-order valence-corrected chi connectivity index (χ3v) is 3.96. The van der Waals surface area contributed by atoms with Crippen LogP contribution < -0.4 is 9.30 Å². The number of rotatable bonds is 12. The van der Waals surface area contributed by atoms with Crippen molar-refractivity contribution in [2.75, 3.05) is 13.2 Å². The second-order valence-corrected chi connectivity index (χ2v) is 6.07. The fourth-order valence-electron chi connectivity index (χ4n) is 2.49. The fraction of sp³-hybridized carbons (Fsp3) is 0.450. The normalized spacial score (nSPS) is 10.5. The molecule has 1 aromatic carbocycles. The molecule has 26 heavy (non-hydrogen) atoms. The van der Waals surface area contributed by atoms with E-state index in [4.69, 9.17) is 9.47 Å². The molecule has 1 aromatic heterocycles. The number of imidazole rings is 1. The van der Waals surface area contributed by atoms with Gasteiger partial charge >= 0.3 is 5.97 Å². The van der Waals surface area contributed by atoms with Gasteiger partial charge in [-0.2, -0.15) is 0 Å². The molecule has 6 heteroatoms. The van der Waals surface area contributed by atoms with Gasteiger partial charge in [0.2, 0.25) is 6.33 Å². The van der Waals surface area contributed by atoms with Crippen LogP contribution in [0.15, 0.2) is 43.0 Å². The van der Waals surface area contributed by atoms with E-state index in [1.54, 1.807) is 18.2 Å². The summed E-state index contributed by atoms with van der Waals surface area (Å²) in [5.74, 6) is 0.308. The zero-order valence-electron chi connectivity index (χ0n) is 15.3. The minimum absolute atomic E-state index is 0.233. The summed E-state index contributed by atoms with van der Waals surface area (Å²) in [5, 5.41) is 0. The van der Waals surface area contributed by atoms with E-state index in [0.717, 1.165) is 19.3 Å². The number of carbonyl (C=O) groups is 2. The van der Waals surface area contributed by atoms with Crippen LogP contribution in [0.5, 0.6) is 5.75 Å². The molecule has 0 radical (unpaired) electrons. The highest BCUT2D eigenvalue weighted by atomic mass is 16.5. The van der Waals surface area contributed by atoms with E-state index in [-0.39, 0.29) is 5.97 Å². The van der Waals surface area contributed by atoms with Crippen molar-refractivity contribution in [3.8, 4) is 5.75 Å². The Morgan fingerprint density at radius 3 is 2.88 bits per heavy atom. The van der Waals surface area contributed by atoms with Crippen LogP contribution in [0.1, 0.15) is 43.0 Å². The Morgan fingerprint density at radius 1 is 1.23 bits per heavy atom. The van der Waals surface area contributed by atoms with Gasteiger partial charge in [0.25, 0.3) is 0 Å². The molecule has 0 spiro atoms. The summed E-state index contributed by atoms with van der Waals surface area (Å²) in [5.41, 5.74) is 0.512. The lowest BCUT2D eigenvalue weighted by Crippen LogP contribution is -2.30. The molecule has 0 bridgehead atoms. The van der Waals surface area contributed by atoms with Crippen molar-refractivity contribution in [2.45, 2.75) is 45.7 Å². The number of benzene rings is 1. The molecule has 2 aromatic rings. The van der Waals surface area contributed by atoms with E-state index in [1.807, 2.05) is 29.4 Å². The number of aldehydes is 1. The predicted molar refractivity (Wildman–Crippen MR) is 97.1 cm³/mol. The van der Waals surface area contributed by atoms with Gasteiger partial charge in [-0.25, -0.2) is 9.13 Å². The highest BCUT2D eigenvalue weighted by molar-refractivity contribution is 5.79. The summed E-state index contributed by atoms with van der Waals surface area (Å²) < 4.78 is 14.9. The molecule has 140 valence electrons. The lowest BCUT2D eigenvalue weighted by atomic mass is 10.2. The van der Waals surface area contributed by atoms with Crippen LogP contribution in [0.3, 0.4) is 0 Å². The molecule has 0 unspecified atom stereocenters. The lowest BCUT2D eigenvalue weighted by molar-refractivity contribution is -0.696. The van der Waals surface area contributed by atoms with Crippen LogP contribution in [0.2, 0.25) is 0 Å². The minimum Gasteiger partial charge on any atom is -0.493 e. The predicted octanol–water partition coefficient (Wildman–Crippen LogP) is 2.79. The maximum absolute atomic E-state index is 11.8. The van der Waals surface area contributed by atoms with E-state index in [0.29, 0.717) is 43.9 Å². The van der Waals surface area contributed by atoms with E-state index >= 15 is 0 Å². The second-order valence-electron chi connectivity index (χ2n) is 6.07. The molecule has 0 aliphatic heterocycles. The molecule has 6 nitrogen and oxygen atoms in total. The summed E-state index contributed by atoms with van der Waals surface area (Å²) >= 11 is 0. The maximum Gasteiger partial charge on any atom is 0.306 e. The monoisotopic (exact) mass is 359 g/mol. The van der Waals surface area contributed by atoms with Crippen molar-refractivity contribution in [3.63, 3.8) is 0 Å². The number of hydrogen-bond donors (Lipinski definition) is 0. The van der Waals surface area contributed by atoms with Gasteiger partial charge in [0, 0.05) is 6.42 Å². The van der Waals surface area contributed by atoms with Crippen molar-refractivity contribution in [1.29, 1.82) is 0 Å². The van der Waals surface area contributed by atoms with Gasteiger partial charge in [0.15, 0.2) is 6.29 Å². The average molecular weight is 359 g/mol. The molecule has 0 N–H and O–H groups in total. The van der Waals surface area contributed by atoms with Crippen LogP contribution in [0.4, 0.5) is 0 Å². The van der Waals surface area contributed by atoms with Gasteiger partial charge in [-0.15, -0.1) is 0 Å². The molecule has 0 saturated heterocycles. The summed E-state index contributed by atoms with van der Waals surface area (Å²) in [7, 11) is 0. The molecule has 0 aliphatic carbocycles. The van der Waals surface area contributed by atoms with Crippen LogP contribution in [-0.4, -0.2) is 30.0 Å². The first-order chi connectivity index (χ1) is 12.7. The SMILES string of the molecule is CCCC[n+]1ccn(CCOC(=O)CCCOc2ccccc2C=O)c1. The number of nitrogens with zero attached hydrogens (tertiary/aromatic N) is 2. The molecule has 0 amide bonds. The Balaban J connectivity index is 1.59. The van der Waals surface area contributed by atoms with Crippen LogP contribution >= 0.6 is 0 Å².